The van der Waals surface area contributed by atoms with E-state index in [2.05, 4.69) is 66.2 Å². The van der Waals surface area contributed by atoms with E-state index in [1.54, 1.807) is 48.3 Å². The van der Waals surface area contributed by atoms with Gasteiger partial charge < -0.3 is 13.6 Å². The minimum absolute atomic E-state index is 0.306. The van der Waals surface area contributed by atoms with Crippen molar-refractivity contribution in [3.63, 3.8) is 0 Å². The molecule has 2 aromatic heterocycles. The van der Waals surface area contributed by atoms with Crippen molar-refractivity contribution in [2.75, 3.05) is 37.1 Å². The number of hydrogen-bond acceptors (Lipinski definition) is 11. The highest BCUT2D eigenvalue weighted by Gasteiger charge is 2.33. The summed E-state index contributed by atoms with van der Waals surface area (Å²) >= 11 is 3.22. The molecule has 0 bridgehead atoms. The Bertz CT molecular complexity index is 968. The average Bonchev–Trinajstić information content (AvgIpc) is 2.87. The second-order valence-corrected chi connectivity index (χ2v) is 20.4. The molecule has 17 heteroatoms. The number of aromatic nitrogens is 4. The molecule has 37 heavy (non-hydrogen) atoms. The molecule has 0 unspecified atom stereocenters. The van der Waals surface area contributed by atoms with Crippen molar-refractivity contribution in [2.24, 2.45) is 10.2 Å². The molecule has 0 aliphatic carbocycles. The number of hydrogen-bond donors (Lipinski definition) is 0. The Labute approximate surface area is 227 Å². The van der Waals surface area contributed by atoms with Crippen LogP contribution in [0.5, 0.6) is 0 Å². The lowest BCUT2D eigenvalue weighted by Crippen LogP contribution is -2.48. The first kappa shape index (κ1) is 31.0. The van der Waals surface area contributed by atoms with Crippen LogP contribution in [0.3, 0.4) is 0 Å². The van der Waals surface area contributed by atoms with E-state index in [1.165, 1.54) is 0 Å². The Morgan fingerprint density at radius 3 is 1.46 bits per heavy atom. The van der Waals surface area contributed by atoms with Crippen LogP contribution in [0.4, 0.5) is 0 Å². The van der Waals surface area contributed by atoms with Crippen LogP contribution in [0.1, 0.15) is 11.1 Å². The summed E-state index contributed by atoms with van der Waals surface area (Å²) in [5.41, 5.74) is 18.3. The SMILES string of the molecule is C[Si](C)(CSc1ncc(COCCN=[N+]=[N-])cn1)O[Si](C)(C)CSc1ncc(COCCN=[N+]=[N-])cn1. The van der Waals surface area contributed by atoms with Gasteiger partial charge in [0.15, 0.2) is 26.9 Å². The number of ether oxygens (including phenoxy) is 2. The second-order valence-electron chi connectivity index (χ2n) is 8.96. The zero-order valence-electron chi connectivity index (χ0n) is 21.5. The average molecular weight is 581 g/mol. The largest absolute Gasteiger partial charge is 0.454 e. The molecule has 2 heterocycles. The quantitative estimate of drug-likeness (QED) is 0.0430. The van der Waals surface area contributed by atoms with Crippen LogP contribution < -0.4 is 0 Å². The van der Waals surface area contributed by atoms with Crippen LogP contribution in [-0.4, -0.2) is 73.6 Å². The molecule has 0 saturated carbocycles. The summed E-state index contributed by atoms with van der Waals surface area (Å²) in [7, 11) is -3.92. The van der Waals surface area contributed by atoms with Gasteiger partial charge in [-0.15, -0.1) is 0 Å². The van der Waals surface area contributed by atoms with Crippen LogP contribution in [0.25, 0.3) is 20.9 Å². The summed E-state index contributed by atoms with van der Waals surface area (Å²) in [5, 5.41) is 9.98. The zero-order valence-corrected chi connectivity index (χ0v) is 25.1. The highest BCUT2D eigenvalue weighted by Crippen LogP contribution is 2.26. The molecule has 0 aliphatic heterocycles. The molecule has 0 N–H and O–H groups in total. The van der Waals surface area contributed by atoms with Crippen LogP contribution in [0.15, 0.2) is 45.3 Å². The van der Waals surface area contributed by atoms with Crippen molar-refractivity contribution in [3.05, 3.63) is 56.8 Å². The standard InChI is InChI=1S/C20H32N10O3S2Si2/c1-36(2,15-34-19-23-9-17(10-24-19)13-31-7-5-27-29-21)33-37(3,4)16-35-20-25-11-18(12-26-20)14-32-8-6-28-30-22/h9-12H,5-8,13-16H2,1-4H3. The molecule has 13 nitrogen and oxygen atoms in total. The highest BCUT2D eigenvalue weighted by atomic mass is 32.2. The minimum atomic E-state index is -1.96. The van der Waals surface area contributed by atoms with Gasteiger partial charge in [0.1, 0.15) is 0 Å². The summed E-state index contributed by atoms with van der Waals surface area (Å²) in [6, 6.07) is 0. The molecule has 2 rings (SSSR count). The van der Waals surface area contributed by atoms with Crippen LogP contribution in [0, 0.1) is 0 Å². The predicted molar refractivity (Wildman–Crippen MR) is 149 cm³/mol. The molecule has 0 aromatic carbocycles. The number of nitrogens with zero attached hydrogens (tertiary/aromatic N) is 10. The Hall–Kier alpha value is -2.21. The molecule has 2 aromatic rings. The molecular weight excluding hydrogens is 549 g/mol. The first-order chi connectivity index (χ1) is 17.7. The summed E-state index contributed by atoms with van der Waals surface area (Å²) in [6.07, 6.45) is 7.03. The fourth-order valence-electron chi connectivity index (χ4n) is 2.95. The van der Waals surface area contributed by atoms with Gasteiger partial charge >= 0.3 is 0 Å². The van der Waals surface area contributed by atoms with Crippen molar-refractivity contribution < 1.29 is 13.6 Å². The summed E-state index contributed by atoms with van der Waals surface area (Å²) < 4.78 is 17.6. The Balaban J connectivity index is 1.74. The van der Waals surface area contributed by atoms with Gasteiger partial charge in [0.2, 0.25) is 0 Å². The lowest BCUT2D eigenvalue weighted by Gasteiger charge is -2.33. The number of rotatable bonds is 18. The second kappa shape index (κ2) is 16.6. The summed E-state index contributed by atoms with van der Waals surface area (Å²) in [4.78, 5) is 23.1. The maximum atomic E-state index is 8.26. The third kappa shape index (κ3) is 13.8. The van der Waals surface area contributed by atoms with Gasteiger partial charge in [0.05, 0.1) is 26.4 Å². The van der Waals surface area contributed by atoms with Gasteiger partial charge in [-0.05, 0) is 37.3 Å². The van der Waals surface area contributed by atoms with E-state index in [-0.39, 0.29) is 0 Å². The van der Waals surface area contributed by atoms with Crippen LogP contribution in [-0.2, 0) is 26.8 Å². The van der Waals surface area contributed by atoms with E-state index in [4.69, 9.17) is 24.7 Å². The maximum absolute atomic E-state index is 8.26. The lowest BCUT2D eigenvalue weighted by atomic mass is 10.4. The highest BCUT2D eigenvalue weighted by molar-refractivity contribution is 8.01. The van der Waals surface area contributed by atoms with Gasteiger partial charge in [-0.1, -0.05) is 33.8 Å². The van der Waals surface area contributed by atoms with Crippen molar-refractivity contribution >= 4 is 40.2 Å². The predicted octanol–water partition coefficient (Wildman–Crippen LogP) is 5.31. The Morgan fingerprint density at radius 1 is 0.730 bits per heavy atom. The van der Waals surface area contributed by atoms with Gasteiger partial charge in [0.25, 0.3) is 0 Å². The topological polar surface area (TPSA) is 177 Å². The fraction of sp³-hybridized carbons (Fsp3) is 0.600. The first-order valence-corrected chi connectivity index (χ1v) is 19.7. The van der Waals surface area contributed by atoms with Gasteiger partial charge in [0, 0.05) is 69.6 Å². The zero-order chi connectivity index (χ0) is 27.0. The van der Waals surface area contributed by atoms with Gasteiger partial charge in [-0.3, -0.25) is 0 Å². The third-order valence-electron chi connectivity index (χ3n) is 4.35. The monoisotopic (exact) mass is 580 g/mol. The molecule has 0 atom stereocenters. The summed E-state index contributed by atoms with van der Waals surface area (Å²) in [5.74, 6) is 0. The lowest BCUT2D eigenvalue weighted by molar-refractivity contribution is 0.127. The van der Waals surface area contributed by atoms with E-state index in [9.17, 15) is 0 Å². The third-order valence-corrected chi connectivity index (χ3v) is 16.4. The van der Waals surface area contributed by atoms with E-state index in [1.807, 2.05) is 0 Å². The molecule has 0 spiro atoms. The van der Waals surface area contributed by atoms with E-state index in [0.29, 0.717) is 49.8 Å². The van der Waals surface area contributed by atoms with E-state index < -0.39 is 16.6 Å². The Kier molecular flexibility index (Phi) is 13.9. The van der Waals surface area contributed by atoms with Crippen molar-refractivity contribution in [1.29, 1.82) is 0 Å². The molecular formula is C20H32N10O3S2Si2. The molecule has 0 fully saturated rings. The molecule has 0 saturated heterocycles. The van der Waals surface area contributed by atoms with Crippen molar-refractivity contribution in [3.8, 4) is 0 Å². The van der Waals surface area contributed by atoms with E-state index >= 15 is 0 Å². The van der Waals surface area contributed by atoms with Crippen LogP contribution >= 0.6 is 23.5 Å². The first-order valence-electron chi connectivity index (χ1n) is 11.5. The van der Waals surface area contributed by atoms with Gasteiger partial charge in [-0.2, -0.15) is 0 Å². The minimum Gasteiger partial charge on any atom is -0.454 e. The molecule has 0 aliphatic rings. The van der Waals surface area contributed by atoms with Crippen molar-refractivity contribution in [1.82, 2.24) is 19.9 Å². The molecule has 0 radical (unpaired) electrons. The summed E-state index contributed by atoms with van der Waals surface area (Å²) in [6.45, 7) is 11.0. The van der Waals surface area contributed by atoms with Crippen LogP contribution in [0.2, 0.25) is 26.2 Å². The van der Waals surface area contributed by atoms with E-state index in [0.717, 1.165) is 21.9 Å². The normalized spacial score (nSPS) is 11.6. The maximum Gasteiger partial charge on any atom is 0.187 e. The van der Waals surface area contributed by atoms with Gasteiger partial charge in [-0.25, -0.2) is 19.9 Å². The molecule has 0 amide bonds. The Morgan fingerprint density at radius 2 is 1.11 bits per heavy atom. The van der Waals surface area contributed by atoms with Crippen molar-refractivity contribution in [2.45, 2.75) is 49.7 Å². The number of thioether (sulfide) groups is 2. The number of azide groups is 2. The smallest absolute Gasteiger partial charge is 0.187 e. The molecule has 200 valence electrons. The fourth-order valence-corrected chi connectivity index (χ4v) is 14.8.